The number of benzene rings is 2. The van der Waals surface area contributed by atoms with Crippen LogP contribution >= 0.6 is 0 Å². The monoisotopic (exact) mass is 314 g/mol. The average Bonchev–Trinajstić information content (AvgIpc) is 3.03. The van der Waals surface area contributed by atoms with Crippen LogP contribution in [0.2, 0.25) is 0 Å². The summed E-state index contributed by atoms with van der Waals surface area (Å²) in [5, 5.41) is 13.2. The zero-order valence-corrected chi connectivity index (χ0v) is 12.3. The van der Waals surface area contributed by atoms with Gasteiger partial charge in [0.05, 0.1) is 6.61 Å². The molecule has 2 aromatic carbocycles. The van der Waals surface area contributed by atoms with Crippen LogP contribution in [0.3, 0.4) is 0 Å². The molecule has 0 aliphatic carbocycles. The molecular formula is C16H15FN4O2. The number of nitrogens with one attached hydrogen (secondary N) is 2. The lowest BCUT2D eigenvalue weighted by Crippen LogP contribution is -2.25. The van der Waals surface area contributed by atoms with Crippen LogP contribution in [0.4, 0.5) is 4.39 Å². The number of nitrogens with zero attached hydrogens (tertiary/aromatic N) is 2. The first kappa shape index (κ1) is 15.0. The van der Waals surface area contributed by atoms with Crippen molar-refractivity contribution in [2.24, 2.45) is 0 Å². The summed E-state index contributed by atoms with van der Waals surface area (Å²) in [4.78, 5) is 12.0. The van der Waals surface area contributed by atoms with E-state index in [-0.39, 0.29) is 11.7 Å². The maximum Gasteiger partial charge on any atom is 0.251 e. The maximum absolute atomic E-state index is 13.3. The third kappa shape index (κ3) is 3.63. The quantitative estimate of drug-likeness (QED) is 0.684. The zero-order valence-electron chi connectivity index (χ0n) is 12.3. The molecule has 0 bridgehead atoms. The summed E-state index contributed by atoms with van der Waals surface area (Å²) in [6, 6.07) is 11.3. The predicted octanol–water partition coefficient (Wildman–Crippen LogP) is 2.30. The van der Waals surface area contributed by atoms with Gasteiger partial charge in [-0.1, -0.05) is 12.1 Å². The Morgan fingerprint density at radius 3 is 2.87 bits per heavy atom. The first-order valence-electron chi connectivity index (χ1n) is 7.20. The number of hydrogen-bond donors (Lipinski definition) is 2. The lowest BCUT2D eigenvalue weighted by atomic mass is 10.2. The number of fused-ring (bicyclic) bond motifs is 1. The van der Waals surface area contributed by atoms with Crippen LogP contribution in [0.15, 0.2) is 42.5 Å². The van der Waals surface area contributed by atoms with Crippen LogP contribution in [-0.2, 0) is 0 Å². The van der Waals surface area contributed by atoms with Gasteiger partial charge in [-0.2, -0.15) is 15.4 Å². The second kappa shape index (κ2) is 6.87. The van der Waals surface area contributed by atoms with Gasteiger partial charge >= 0.3 is 0 Å². The Labute approximate surface area is 131 Å². The van der Waals surface area contributed by atoms with Crippen molar-refractivity contribution in [3.8, 4) is 5.75 Å². The molecule has 2 N–H and O–H groups in total. The molecule has 3 aromatic rings. The Balaban J connectivity index is 1.45. The van der Waals surface area contributed by atoms with Gasteiger partial charge in [0.2, 0.25) is 0 Å². The van der Waals surface area contributed by atoms with Crippen LogP contribution < -0.4 is 10.1 Å². The predicted molar refractivity (Wildman–Crippen MR) is 82.7 cm³/mol. The molecule has 0 aliphatic rings. The number of aromatic amines is 1. The molecule has 23 heavy (non-hydrogen) atoms. The number of hydrogen-bond acceptors (Lipinski definition) is 4. The molecule has 0 fully saturated rings. The van der Waals surface area contributed by atoms with Gasteiger partial charge < -0.3 is 10.1 Å². The summed E-state index contributed by atoms with van der Waals surface area (Å²) in [6.45, 7) is 0.758. The number of carbonyl (C=O) groups is 1. The van der Waals surface area contributed by atoms with E-state index in [1.165, 1.54) is 6.07 Å². The standard InChI is InChI=1S/C16H15FN4O2/c17-12-4-1-2-5-15(12)23-9-3-8-18-16(22)11-6-7-13-14(10-11)20-21-19-13/h1-2,4-7,10H,3,8-9H2,(H,18,22)(H,19,20,21). The molecule has 0 radical (unpaired) electrons. The normalized spacial score (nSPS) is 10.7. The zero-order chi connectivity index (χ0) is 16.1. The first-order chi connectivity index (χ1) is 11.2. The van der Waals surface area contributed by atoms with Gasteiger partial charge in [-0.25, -0.2) is 4.39 Å². The minimum absolute atomic E-state index is 0.194. The van der Waals surface area contributed by atoms with E-state index >= 15 is 0 Å². The highest BCUT2D eigenvalue weighted by atomic mass is 19.1. The van der Waals surface area contributed by atoms with E-state index in [0.29, 0.717) is 36.2 Å². The summed E-state index contributed by atoms with van der Waals surface area (Å²) >= 11 is 0. The highest BCUT2D eigenvalue weighted by molar-refractivity contribution is 5.97. The molecule has 0 spiro atoms. The Bertz CT molecular complexity index is 818. The molecule has 0 aliphatic heterocycles. The molecule has 118 valence electrons. The van der Waals surface area contributed by atoms with E-state index in [0.717, 1.165) is 0 Å². The van der Waals surface area contributed by atoms with Gasteiger partial charge in [0.25, 0.3) is 5.91 Å². The van der Waals surface area contributed by atoms with E-state index in [4.69, 9.17) is 4.74 Å². The Hall–Kier alpha value is -2.96. The highest BCUT2D eigenvalue weighted by Gasteiger charge is 2.07. The number of amides is 1. The molecule has 1 amide bonds. The van der Waals surface area contributed by atoms with E-state index in [1.807, 2.05) is 0 Å². The van der Waals surface area contributed by atoms with E-state index < -0.39 is 5.82 Å². The van der Waals surface area contributed by atoms with E-state index in [1.54, 1.807) is 36.4 Å². The van der Waals surface area contributed by atoms with Crippen LogP contribution in [-0.4, -0.2) is 34.5 Å². The number of halogens is 1. The number of aromatic nitrogens is 3. The van der Waals surface area contributed by atoms with Crippen molar-refractivity contribution < 1.29 is 13.9 Å². The lowest BCUT2D eigenvalue weighted by Gasteiger charge is -2.08. The average molecular weight is 314 g/mol. The Morgan fingerprint density at radius 2 is 2.00 bits per heavy atom. The summed E-state index contributed by atoms with van der Waals surface area (Å²) in [6.07, 6.45) is 0.576. The fourth-order valence-corrected chi connectivity index (χ4v) is 2.10. The lowest BCUT2D eigenvalue weighted by molar-refractivity contribution is 0.0951. The number of rotatable bonds is 6. The minimum atomic E-state index is -0.391. The molecule has 1 aromatic heterocycles. The van der Waals surface area contributed by atoms with Gasteiger partial charge in [-0.3, -0.25) is 4.79 Å². The second-order valence-electron chi connectivity index (χ2n) is 4.92. The smallest absolute Gasteiger partial charge is 0.251 e. The number of para-hydroxylation sites is 1. The summed E-state index contributed by atoms with van der Waals surface area (Å²) < 4.78 is 18.7. The van der Waals surface area contributed by atoms with Crippen LogP contribution in [0, 0.1) is 5.82 Å². The van der Waals surface area contributed by atoms with Crippen molar-refractivity contribution in [1.82, 2.24) is 20.7 Å². The van der Waals surface area contributed by atoms with Crippen LogP contribution in [0.5, 0.6) is 5.75 Å². The maximum atomic E-state index is 13.3. The van der Waals surface area contributed by atoms with Crippen molar-refractivity contribution in [2.45, 2.75) is 6.42 Å². The number of H-pyrrole nitrogens is 1. The van der Waals surface area contributed by atoms with E-state index in [9.17, 15) is 9.18 Å². The summed E-state index contributed by atoms with van der Waals surface area (Å²) in [5.41, 5.74) is 1.86. The second-order valence-corrected chi connectivity index (χ2v) is 4.92. The van der Waals surface area contributed by atoms with Gasteiger partial charge in [0, 0.05) is 12.1 Å². The molecular weight excluding hydrogens is 299 g/mol. The Kier molecular flexibility index (Phi) is 4.46. The van der Waals surface area contributed by atoms with Gasteiger partial charge in [0.1, 0.15) is 11.0 Å². The van der Waals surface area contributed by atoms with Crippen molar-refractivity contribution >= 4 is 16.9 Å². The summed E-state index contributed by atoms with van der Waals surface area (Å²) in [7, 11) is 0. The molecule has 0 atom stereocenters. The summed E-state index contributed by atoms with van der Waals surface area (Å²) in [5.74, 6) is -0.367. The third-order valence-electron chi connectivity index (χ3n) is 3.28. The first-order valence-corrected chi connectivity index (χ1v) is 7.20. The van der Waals surface area contributed by atoms with Crippen molar-refractivity contribution in [2.75, 3.05) is 13.2 Å². The van der Waals surface area contributed by atoms with Gasteiger partial charge in [0.15, 0.2) is 11.6 Å². The third-order valence-corrected chi connectivity index (χ3v) is 3.28. The van der Waals surface area contributed by atoms with Crippen molar-refractivity contribution in [3.63, 3.8) is 0 Å². The van der Waals surface area contributed by atoms with Gasteiger partial charge in [-0.05, 0) is 36.8 Å². The number of ether oxygens (including phenoxy) is 1. The molecule has 0 saturated carbocycles. The fraction of sp³-hybridized carbons (Fsp3) is 0.188. The molecule has 0 saturated heterocycles. The van der Waals surface area contributed by atoms with E-state index in [2.05, 4.69) is 20.7 Å². The minimum Gasteiger partial charge on any atom is -0.490 e. The molecule has 1 heterocycles. The largest absolute Gasteiger partial charge is 0.490 e. The van der Waals surface area contributed by atoms with Crippen LogP contribution in [0.25, 0.3) is 11.0 Å². The van der Waals surface area contributed by atoms with Crippen LogP contribution in [0.1, 0.15) is 16.8 Å². The molecule has 7 heteroatoms. The SMILES string of the molecule is O=C(NCCCOc1ccccc1F)c1ccc2n[nH]nc2c1. The van der Waals surface area contributed by atoms with Crippen molar-refractivity contribution in [1.29, 1.82) is 0 Å². The number of carbonyl (C=O) groups excluding carboxylic acids is 1. The molecule has 6 nitrogen and oxygen atoms in total. The molecule has 0 unspecified atom stereocenters. The Morgan fingerprint density at radius 1 is 1.17 bits per heavy atom. The molecule has 3 rings (SSSR count). The highest BCUT2D eigenvalue weighted by Crippen LogP contribution is 2.15. The van der Waals surface area contributed by atoms with Gasteiger partial charge in [-0.15, -0.1) is 0 Å². The topological polar surface area (TPSA) is 79.9 Å². The van der Waals surface area contributed by atoms with Crippen molar-refractivity contribution in [3.05, 3.63) is 53.8 Å². The fourth-order valence-electron chi connectivity index (χ4n) is 2.10.